The van der Waals surface area contributed by atoms with E-state index in [9.17, 15) is 9.59 Å². The van der Waals surface area contributed by atoms with Gasteiger partial charge < -0.3 is 0 Å². The van der Waals surface area contributed by atoms with E-state index in [1.54, 1.807) is 0 Å². The van der Waals surface area contributed by atoms with Crippen LogP contribution in [-0.2, 0) is 9.59 Å². The fourth-order valence-corrected chi connectivity index (χ4v) is 13.9. The van der Waals surface area contributed by atoms with E-state index in [0.717, 1.165) is 50.4 Å². The molecule has 0 spiro atoms. The molecule has 44 heavy (non-hydrogen) atoms. The maximum absolute atomic E-state index is 12.4. The van der Waals surface area contributed by atoms with E-state index < -0.39 is 0 Å². The fraction of sp³-hybridized carbons (Fsp3) is 0.800. The van der Waals surface area contributed by atoms with Crippen LogP contribution in [0.15, 0.2) is 33.5 Å². The predicted octanol–water partition coefficient (Wildman–Crippen LogP) is 9.34. The molecule has 8 aliphatic rings. The lowest BCUT2D eigenvalue weighted by Gasteiger charge is -2.59. The lowest BCUT2D eigenvalue weighted by molar-refractivity contribution is -0.120. The van der Waals surface area contributed by atoms with Crippen molar-refractivity contribution in [2.45, 2.75) is 131 Å². The number of hydrogen-bond acceptors (Lipinski definition) is 4. The van der Waals surface area contributed by atoms with E-state index in [2.05, 4.69) is 41.5 Å². The van der Waals surface area contributed by atoms with Crippen molar-refractivity contribution in [1.29, 1.82) is 0 Å². The minimum absolute atomic E-state index is 0.183. The fourth-order valence-electron chi connectivity index (χ4n) is 13.9. The Balaban J connectivity index is 1.03. The van der Waals surface area contributed by atoms with Crippen molar-refractivity contribution in [3.05, 3.63) is 23.3 Å². The lowest BCUT2D eigenvalue weighted by Crippen LogP contribution is -2.53. The van der Waals surface area contributed by atoms with E-state index in [0.29, 0.717) is 47.1 Å². The van der Waals surface area contributed by atoms with Crippen molar-refractivity contribution in [2.24, 2.45) is 79.2 Å². The molecule has 6 fully saturated rings. The third-order valence-corrected chi connectivity index (χ3v) is 16.8. The van der Waals surface area contributed by atoms with Crippen LogP contribution in [0.5, 0.6) is 0 Å². The molecule has 0 amide bonds. The van der Waals surface area contributed by atoms with E-state index in [-0.39, 0.29) is 21.7 Å². The highest BCUT2D eigenvalue weighted by Gasteiger charge is 2.61. The second-order valence-corrected chi connectivity index (χ2v) is 18.0. The summed E-state index contributed by atoms with van der Waals surface area (Å²) in [5, 5.41) is 10.5. The number of allylic oxidation sites excluding steroid dienone is 2. The van der Waals surface area contributed by atoms with Crippen LogP contribution in [0.3, 0.4) is 0 Å². The molecule has 0 aromatic carbocycles. The van der Waals surface area contributed by atoms with Crippen LogP contribution < -0.4 is 0 Å². The molecule has 0 aliphatic heterocycles. The summed E-state index contributed by atoms with van der Waals surface area (Å²) in [4.78, 5) is 24.9. The summed E-state index contributed by atoms with van der Waals surface area (Å²) < 4.78 is 0. The van der Waals surface area contributed by atoms with Gasteiger partial charge in [0.2, 0.25) is 0 Å². The molecule has 0 radical (unpaired) electrons. The Morgan fingerprint density at radius 2 is 0.977 bits per heavy atom. The van der Waals surface area contributed by atoms with Gasteiger partial charge in [0.25, 0.3) is 0 Å². The average molecular weight is 597 g/mol. The molecule has 8 rings (SSSR count). The topological polar surface area (TPSA) is 58.9 Å². The molecule has 0 aromatic rings. The second kappa shape index (κ2) is 9.83. The van der Waals surface area contributed by atoms with Gasteiger partial charge in [0.15, 0.2) is 11.6 Å². The molecule has 4 heteroatoms. The number of ketones is 2. The first-order chi connectivity index (χ1) is 20.9. The predicted molar refractivity (Wildman–Crippen MR) is 177 cm³/mol. The third-order valence-electron chi connectivity index (χ3n) is 16.8. The van der Waals surface area contributed by atoms with Crippen LogP contribution in [0, 0.1) is 69.0 Å². The van der Waals surface area contributed by atoms with Crippen molar-refractivity contribution in [1.82, 2.24) is 0 Å². The van der Waals surface area contributed by atoms with Crippen LogP contribution >= 0.6 is 0 Å². The number of hydrogen-bond donors (Lipinski definition) is 0. The summed E-state index contributed by atoms with van der Waals surface area (Å²) in [5.74, 6) is 5.95. The number of fused-ring (bicyclic) bond motifs is 10. The molecule has 0 unspecified atom stereocenters. The molecule has 6 saturated carbocycles. The largest absolute Gasteiger partial charge is 0.295 e. The minimum atomic E-state index is 0.183. The monoisotopic (exact) mass is 596 g/mol. The van der Waals surface area contributed by atoms with Gasteiger partial charge in [0.1, 0.15) is 0 Å². The second-order valence-electron chi connectivity index (χ2n) is 18.0. The molecule has 238 valence electrons. The highest BCUT2D eigenvalue weighted by molar-refractivity contribution is 5.96. The first-order valence-electron chi connectivity index (χ1n) is 18.5. The van der Waals surface area contributed by atoms with Crippen molar-refractivity contribution in [3.63, 3.8) is 0 Å². The molecule has 0 aromatic heterocycles. The van der Waals surface area contributed by atoms with Gasteiger partial charge in [-0.25, -0.2) is 0 Å². The standard InChI is InChI=1S/C40H56N2O2/c1-23-19-27(43)21-25-7-9-29-31-11-13-35(37(31,3)17-15-33(29)39(23,25)5)41-42-36-14-12-32-30-10-8-26-22-28(44)20-24(2)40(26,6)34(30)16-18-38(32,36)4/h21-24,29-34H,7-20H2,1-6H3/b41-35-,42-36-/t23-,24+,29+,30-,31-,32-,33-,34-,37+,38+,39-,40+/m1/s1. The average Bonchev–Trinajstić information content (AvgIpc) is 3.49. The summed E-state index contributed by atoms with van der Waals surface area (Å²) in [5.41, 5.74) is 6.49. The number of rotatable bonds is 1. The van der Waals surface area contributed by atoms with Crippen LogP contribution in [0.4, 0.5) is 0 Å². The van der Waals surface area contributed by atoms with Gasteiger partial charge >= 0.3 is 0 Å². The molecule has 0 saturated heterocycles. The summed E-state index contributed by atoms with van der Waals surface area (Å²) in [6.45, 7) is 14.8. The minimum Gasteiger partial charge on any atom is -0.295 e. The maximum Gasteiger partial charge on any atom is 0.155 e. The number of carbonyl (C=O) groups excluding carboxylic acids is 2. The lowest BCUT2D eigenvalue weighted by atomic mass is 9.45. The van der Waals surface area contributed by atoms with Gasteiger partial charge in [-0.15, -0.1) is 0 Å². The van der Waals surface area contributed by atoms with E-state index in [4.69, 9.17) is 10.2 Å². The Bertz CT molecular complexity index is 1310. The molecule has 4 nitrogen and oxygen atoms in total. The molecule has 0 heterocycles. The Labute approximate surface area is 266 Å². The number of nitrogens with zero attached hydrogens (tertiary/aromatic N) is 2. The molecule has 12 atom stereocenters. The van der Waals surface area contributed by atoms with Crippen LogP contribution in [0.25, 0.3) is 0 Å². The van der Waals surface area contributed by atoms with E-state index in [1.165, 1.54) is 73.9 Å². The summed E-state index contributed by atoms with van der Waals surface area (Å²) >= 11 is 0. The van der Waals surface area contributed by atoms with Crippen LogP contribution in [0.2, 0.25) is 0 Å². The highest BCUT2D eigenvalue weighted by atomic mass is 16.1. The smallest absolute Gasteiger partial charge is 0.155 e. The molecular formula is C40H56N2O2. The summed E-state index contributed by atoms with van der Waals surface area (Å²) in [6.07, 6.45) is 20.0. The maximum atomic E-state index is 12.4. The van der Waals surface area contributed by atoms with Crippen molar-refractivity contribution >= 4 is 23.0 Å². The molecular weight excluding hydrogens is 540 g/mol. The van der Waals surface area contributed by atoms with Crippen LogP contribution in [-0.4, -0.2) is 23.0 Å². The van der Waals surface area contributed by atoms with Crippen LogP contribution in [0.1, 0.15) is 131 Å². The van der Waals surface area contributed by atoms with Gasteiger partial charge in [-0.1, -0.05) is 52.7 Å². The van der Waals surface area contributed by atoms with E-state index >= 15 is 0 Å². The first-order valence-corrected chi connectivity index (χ1v) is 18.5. The molecule has 8 aliphatic carbocycles. The Kier molecular flexibility index (Phi) is 6.61. The summed E-state index contributed by atoms with van der Waals surface area (Å²) in [6, 6.07) is 0. The van der Waals surface area contributed by atoms with Crippen molar-refractivity contribution in [2.75, 3.05) is 0 Å². The highest BCUT2D eigenvalue weighted by Crippen LogP contribution is 2.67. The molecule has 0 N–H and O–H groups in total. The Hall–Kier alpha value is -1.84. The SMILES string of the molecule is C[C@@H]1CC(=O)C=C2CC[C@@H]3[C@@H](CC[C@]4(C)/C(=N\N=C5\CC[C@@H]6[C@H]7CCC8=CC(=O)C[C@H](C)[C@]8(C)[C@@H]7CC[C@]56C)CC[C@H]34)[C@@]21C. The first kappa shape index (κ1) is 29.6. The summed E-state index contributed by atoms with van der Waals surface area (Å²) in [7, 11) is 0. The Morgan fingerprint density at radius 3 is 1.39 bits per heavy atom. The zero-order valence-electron chi connectivity index (χ0n) is 28.4. The zero-order chi connectivity index (χ0) is 30.8. The van der Waals surface area contributed by atoms with Gasteiger partial charge in [-0.2, -0.15) is 10.2 Å². The van der Waals surface area contributed by atoms with Gasteiger partial charge in [-0.05, 0) is 147 Å². The Morgan fingerprint density at radius 1 is 0.568 bits per heavy atom. The van der Waals surface area contributed by atoms with Gasteiger partial charge in [-0.3, -0.25) is 9.59 Å². The van der Waals surface area contributed by atoms with Gasteiger partial charge in [0, 0.05) is 35.1 Å². The van der Waals surface area contributed by atoms with Gasteiger partial charge in [0.05, 0.1) is 0 Å². The molecule has 0 bridgehead atoms. The van der Waals surface area contributed by atoms with Crippen molar-refractivity contribution < 1.29 is 9.59 Å². The van der Waals surface area contributed by atoms with E-state index in [1.807, 2.05) is 12.2 Å². The normalized spacial score (nSPS) is 53.2. The quantitative estimate of drug-likeness (QED) is 0.283. The number of carbonyl (C=O) groups is 2. The van der Waals surface area contributed by atoms with Crippen molar-refractivity contribution in [3.8, 4) is 0 Å². The zero-order valence-corrected chi connectivity index (χ0v) is 28.4. The third kappa shape index (κ3) is 3.81.